The van der Waals surface area contributed by atoms with Gasteiger partial charge in [-0.2, -0.15) is 0 Å². The van der Waals surface area contributed by atoms with Gasteiger partial charge in [0, 0.05) is 12.0 Å². The largest absolute Gasteiger partial charge is 0.497 e. The van der Waals surface area contributed by atoms with Crippen LogP contribution in [0.25, 0.3) is 0 Å². The Morgan fingerprint density at radius 2 is 1.74 bits per heavy atom. The molecule has 0 unspecified atom stereocenters. The lowest BCUT2D eigenvalue weighted by atomic mass is 10.1. The predicted octanol–water partition coefficient (Wildman–Crippen LogP) is 3.01. The molecule has 0 N–H and O–H groups in total. The normalized spacial score (nSPS) is 11.7. The molecule has 0 saturated carbocycles. The molecule has 2 aromatic carbocycles. The summed E-state index contributed by atoms with van der Waals surface area (Å²) >= 11 is 0. The van der Waals surface area contributed by atoms with E-state index < -0.39 is 5.97 Å². The molecule has 1 aliphatic rings. The van der Waals surface area contributed by atoms with Crippen molar-refractivity contribution >= 4 is 11.8 Å². The molecule has 0 amide bonds. The fourth-order valence-corrected chi connectivity index (χ4v) is 2.45. The molecule has 27 heavy (non-hydrogen) atoms. The van der Waals surface area contributed by atoms with Gasteiger partial charge in [0.15, 0.2) is 23.9 Å². The van der Waals surface area contributed by atoms with E-state index in [-0.39, 0.29) is 25.6 Å². The monoisotopic (exact) mass is 372 g/mol. The molecule has 0 radical (unpaired) electrons. The third-order valence-corrected chi connectivity index (χ3v) is 3.91. The van der Waals surface area contributed by atoms with Crippen LogP contribution in [0.1, 0.15) is 23.2 Å². The summed E-state index contributed by atoms with van der Waals surface area (Å²) in [6.07, 6.45) is 0.660. The molecular weight excluding hydrogens is 352 g/mol. The summed E-state index contributed by atoms with van der Waals surface area (Å²) in [5.41, 5.74) is 0.412. The Hall–Kier alpha value is -3.22. The number of ether oxygens (including phenoxy) is 5. The molecule has 0 bridgehead atoms. The van der Waals surface area contributed by atoms with Crippen molar-refractivity contribution in [3.63, 3.8) is 0 Å². The number of hydrogen-bond acceptors (Lipinski definition) is 7. The van der Waals surface area contributed by atoms with Crippen LogP contribution in [0.5, 0.6) is 23.0 Å². The molecule has 142 valence electrons. The van der Waals surface area contributed by atoms with Crippen molar-refractivity contribution in [2.24, 2.45) is 0 Å². The predicted molar refractivity (Wildman–Crippen MR) is 95.6 cm³/mol. The van der Waals surface area contributed by atoms with Crippen molar-refractivity contribution in [3.8, 4) is 23.0 Å². The molecule has 0 atom stereocenters. The molecule has 0 fully saturated rings. The maximum absolute atomic E-state index is 12.1. The Bertz CT molecular complexity index is 798. The summed E-state index contributed by atoms with van der Waals surface area (Å²) in [6, 6.07) is 12.0. The third kappa shape index (κ3) is 5.13. The lowest BCUT2D eigenvalue weighted by Gasteiger charge is -2.07. The van der Waals surface area contributed by atoms with E-state index in [4.69, 9.17) is 23.7 Å². The Morgan fingerprint density at radius 3 is 2.52 bits per heavy atom. The zero-order valence-corrected chi connectivity index (χ0v) is 14.9. The second kappa shape index (κ2) is 8.93. The van der Waals surface area contributed by atoms with Crippen molar-refractivity contribution in [3.05, 3.63) is 48.0 Å². The van der Waals surface area contributed by atoms with E-state index in [1.165, 1.54) is 0 Å². The number of methoxy groups -OCH3 is 1. The third-order valence-electron chi connectivity index (χ3n) is 3.91. The molecule has 7 nitrogen and oxygen atoms in total. The Labute approximate surface area is 156 Å². The van der Waals surface area contributed by atoms with Gasteiger partial charge in [-0.1, -0.05) is 0 Å². The molecule has 0 aliphatic carbocycles. The number of carbonyl (C=O) groups is 2. The number of benzene rings is 2. The summed E-state index contributed by atoms with van der Waals surface area (Å²) in [7, 11) is 1.60. The highest BCUT2D eigenvalue weighted by molar-refractivity contribution is 5.98. The van der Waals surface area contributed by atoms with Gasteiger partial charge in [-0.3, -0.25) is 9.59 Å². The first-order chi connectivity index (χ1) is 13.2. The summed E-state index contributed by atoms with van der Waals surface area (Å²) in [4.78, 5) is 23.9. The number of esters is 1. The molecule has 0 aromatic heterocycles. The number of rotatable bonds is 9. The number of carbonyl (C=O) groups excluding carboxylic acids is 2. The summed E-state index contributed by atoms with van der Waals surface area (Å²) in [5, 5.41) is 0. The SMILES string of the molecule is COc1ccc(OCCCC(=O)OCC(=O)c2ccc3c(c2)OCO3)cc1. The quantitative estimate of drug-likeness (QED) is 0.380. The van der Waals surface area contributed by atoms with Gasteiger partial charge in [0.1, 0.15) is 11.5 Å². The van der Waals surface area contributed by atoms with Crippen LogP contribution < -0.4 is 18.9 Å². The lowest BCUT2D eigenvalue weighted by Crippen LogP contribution is -2.14. The first-order valence-corrected chi connectivity index (χ1v) is 8.51. The Kier molecular flexibility index (Phi) is 6.14. The fourth-order valence-electron chi connectivity index (χ4n) is 2.45. The van der Waals surface area contributed by atoms with E-state index in [9.17, 15) is 9.59 Å². The van der Waals surface area contributed by atoms with E-state index >= 15 is 0 Å². The minimum Gasteiger partial charge on any atom is -0.497 e. The smallest absolute Gasteiger partial charge is 0.306 e. The van der Waals surface area contributed by atoms with Gasteiger partial charge in [0.2, 0.25) is 6.79 Å². The van der Waals surface area contributed by atoms with Crippen LogP contribution in [-0.2, 0) is 9.53 Å². The molecular formula is C20H20O7. The first kappa shape index (κ1) is 18.6. The van der Waals surface area contributed by atoms with Crippen molar-refractivity contribution in [2.45, 2.75) is 12.8 Å². The fraction of sp³-hybridized carbons (Fsp3) is 0.300. The number of hydrogen-bond donors (Lipinski definition) is 0. The standard InChI is InChI=1S/C20H20O7/c1-23-15-5-7-16(8-6-15)24-10-2-3-20(22)25-12-17(21)14-4-9-18-19(11-14)27-13-26-18/h4-9,11H,2-3,10,12-13H2,1H3. The van der Waals surface area contributed by atoms with Gasteiger partial charge in [-0.05, 0) is 48.9 Å². The van der Waals surface area contributed by atoms with Crippen molar-refractivity contribution in [1.29, 1.82) is 0 Å². The van der Waals surface area contributed by atoms with E-state index in [1.54, 1.807) is 49.6 Å². The van der Waals surface area contributed by atoms with Crippen LogP contribution in [0.15, 0.2) is 42.5 Å². The highest BCUT2D eigenvalue weighted by atomic mass is 16.7. The molecule has 0 spiro atoms. The Morgan fingerprint density at radius 1 is 1.00 bits per heavy atom. The maximum atomic E-state index is 12.1. The summed E-state index contributed by atoms with van der Waals surface area (Å²) in [5.74, 6) is 1.82. The minimum absolute atomic E-state index is 0.139. The topological polar surface area (TPSA) is 80.3 Å². The van der Waals surface area contributed by atoms with Gasteiger partial charge in [0.25, 0.3) is 0 Å². The first-order valence-electron chi connectivity index (χ1n) is 8.51. The highest BCUT2D eigenvalue weighted by Crippen LogP contribution is 2.32. The van der Waals surface area contributed by atoms with E-state index in [2.05, 4.69) is 0 Å². The van der Waals surface area contributed by atoms with Crippen LogP contribution >= 0.6 is 0 Å². The number of Topliss-reactive ketones (excluding diaryl/α,β-unsaturated/α-hetero) is 1. The van der Waals surface area contributed by atoms with Gasteiger partial charge in [-0.15, -0.1) is 0 Å². The van der Waals surface area contributed by atoms with Gasteiger partial charge in [-0.25, -0.2) is 0 Å². The lowest BCUT2D eigenvalue weighted by molar-refractivity contribution is -0.142. The molecule has 3 rings (SSSR count). The van der Waals surface area contributed by atoms with Gasteiger partial charge < -0.3 is 23.7 Å². The van der Waals surface area contributed by atoms with Crippen LogP contribution in [0, 0.1) is 0 Å². The molecule has 2 aromatic rings. The average Bonchev–Trinajstić information content (AvgIpc) is 3.17. The highest BCUT2D eigenvalue weighted by Gasteiger charge is 2.17. The zero-order chi connectivity index (χ0) is 19.1. The molecule has 0 saturated heterocycles. The minimum atomic E-state index is -0.442. The van der Waals surface area contributed by atoms with Crippen molar-refractivity contribution in [2.75, 3.05) is 27.1 Å². The van der Waals surface area contributed by atoms with Gasteiger partial charge in [0.05, 0.1) is 13.7 Å². The molecule has 1 aliphatic heterocycles. The van der Waals surface area contributed by atoms with E-state index in [1.807, 2.05) is 0 Å². The van der Waals surface area contributed by atoms with Crippen LogP contribution in [0.3, 0.4) is 0 Å². The number of fused-ring (bicyclic) bond motifs is 1. The zero-order valence-electron chi connectivity index (χ0n) is 14.9. The molecule has 7 heteroatoms. The number of ketones is 1. The van der Waals surface area contributed by atoms with Gasteiger partial charge >= 0.3 is 5.97 Å². The average molecular weight is 372 g/mol. The summed E-state index contributed by atoms with van der Waals surface area (Å²) < 4.78 is 26.1. The maximum Gasteiger partial charge on any atom is 0.306 e. The second-order valence-corrected chi connectivity index (χ2v) is 5.78. The van der Waals surface area contributed by atoms with Crippen molar-refractivity contribution in [1.82, 2.24) is 0 Å². The van der Waals surface area contributed by atoms with Crippen LogP contribution in [-0.4, -0.2) is 38.9 Å². The second-order valence-electron chi connectivity index (χ2n) is 5.78. The van der Waals surface area contributed by atoms with E-state index in [0.29, 0.717) is 35.8 Å². The van der Waals surface area contributed by atoms with Crippen LogP contribution in [0.2, 0.25) is 0 Å². The Balaban J connectivity index is 1.35. The van der Waals surface area contributed by atoms with Crippen molar-refractivity contribution < 1.29 is 33.3 Å². The van der Waals surface area contributed by atoms with E-state index in [0.717, 1.165) is 5.75 Å². The molecule has 1 heterocycles. The van der Waals surface area contributed by atoms with Crippen LogP contribution in [0.4, 0.5) is 0 Å². The summed E-state index contributed by atoms with van der Waals surface area (Å²) in [6.45, 7) is 0.204.